The molecule has 0 unspecified atom stereocenters. The molecule has 0 aromatic heterocycles. The number of likely N-dealkylation sites (N-methyl/N-ethyl adjacent to an activating group) is 1. The first-order chi connectivity index (χ1) is 12.0. The maximum absolute atomic E-state index is 13.3. The number of hydrogen-bond donors (Lipinski definition) is 1. The fourth-order valence-corrected chi connectivity index (χ4v) is 2.52. The van der Waals surface area contributed by atoms with Gasteiger partial charge in [-0.3, -0.25) is 4.79 Å². The van der Waals surface area contributed by atoms with E-state index in [1.807, 2.05) is 31.2 Å². The van der Waals surface area contributed by atoms with Gasteiger partial charge in [-0.2, -0.15) is 0 Å². The first-order valence-corrected chi connectivity index (χ1v) is 8.48. The standard InChI is InChI=1S/C20H25FN2O2/c1-4-11-25-19-10-6-9-18(13-19)22-15(2)20(24)23(3)14-16-7-5-8-17(21)12-16/h5-10,12-13,15,22H,4,11,14H2,1-3H3/t15-/m1/s1. The summed E-state index contributed by atoms with van der Waals surface area (Å²) in [5.74, 6) is 0.414. The molecular formula is C20H25FN2O2. The molecule has 4 nitrogen and oxygen atoms in total. The van der Waals surface area contributed by atoms with Gasteiger partial charge >= 0.3 is 0 Å². The zero-order valence-corrected chi connectivity index (χ0v) is 15.0. The Bertz CT molecular complexity index is 706. The average Bonchev–Trinajstić information content (AvgIpc) is 2.59. The largest absolute Gasteiger partial charge is 0.494 e. The van der Waals surface area contributed by atoms with Crippen molar-refractivity contribution in [2.75, 3.05) is 19.0 Å². The summed E-state index contributed by atoms with van der Waals surface area (Å²) in [6.45, 7) is 4.89. The number of nitrogens with zero attached hydrogens (tertiary/aromatic N) is 1. The molecule has 1 atom stereocenters. The Hall–Kier alpha value is -2.56. The highest BCUT2D eigenvalue weighted by molar-refractivity contribution is 5.84. The van der Waals surface area contributed by atoms with Crippen LogP contribution in [0.5, 0.6) is 5.75 Å². The molecule has 1 amide bonds. The van der Waals surface area contributed by atoms with Gasteiger partial charge in [0, 0.05) is 25.3 Å². The van der Waals surface area contributed by atoms with Gasteiger partial charge < -0.3 is 15.0 Å². The zero-order valence-electron chi connectivity index (χ0n) is 15.0. The molecule has 0 fully saturated rings. The molecule has 0 heterocycles. The van der Waals surface area contributed by atoms with Crippen LogP contribution in [0.25, 0.3) is 0 Å². The van der Waals surface area contributed by atoms with Crippen molar-refractivity contribution in [1.29, 1.82) is 0 Å². The number of nitrogens with one attached hydrogen (secondary N) is 1. The van der Waals surface area contributed by atoms with E-state index in [9.17, 15) is 9.18 Å². The summed E-state index contributed by atoms with van der Waals surface area (Å²) >= 11 is 0. The van der Waals surface area contributed by atoms with Crippen molar-refractivity contribution in [3.8, 4) is 5.75 Å². The SMILES string of the molecule is CCCOc1cccc(N[C@H](C)C(=O)N(C)Cc2cccc(F)c2)c1. The lowest BCUT2D eigenvalue weighted by atomic mass is 10.2. The second kappa shape index (κ2) is 9.06. The summed E-state index contributed by atoms with van der Waals surface area (Å²) in [5, 5.41) is 3.19. The monoisotopic (exact) mass is 344 g/mol. The first kappa shape index (κ1) is 18.8. The van der Waals surface area contributed by atoms with Crippen molar-refractivity contribution in [2.24, 2.45) is 0 Å². The van der Waals surface area contributed by atoms with Crippen LogP contribution in [0.4, 0.5) is 10.1 Å². The van der Waals surface area contributed by atoms with Gasteiger partial charge in [-0.1, -0.05) is 25.1 Å². The molecule has 0 aliphatic rings. The maximum atomic E-state index is 13.3. The lowest BCUT2D eigenvalue weighted by molar-refractivity contribution is -0.130. The Balaban J connectivity index is 1.95. The van der Waals surface area contributed by atoms with Gasteiger partial charge in [0.05, 0.1) is 6.61 Å². The van der Waals surface area contributed by atoms with Crippen LogP contribution in [0.1, 0.15) is 25.8 Å². The lowest BCUT2D eigenvalue weighted by Gasteiger charge is -2.23. The number of amides is 1. The van der Waals surface area contributed by atoms with Crippen molar-refractivity contribution >= 4 is 11.6 Å². The molecule has 2 aromatic rings. The summed E-state index contributed by atoms with van der Waals surface area (Å²) in [5.41, 5.74) is 1.59. The van der Waals surface area contributed by atoms with Gasteiger partial charge in [-0.25, -0.2) is 4.39 Å². The molecule has 2 rings (SSSR count). The van der Waals surface area contributed by atoms with Crippen LogP contribution in [0.2, 0.25) is 0 Å². The third-order valence-corrected chi connectivity index (χ3v) is 3.75. The van der Waals surface area contributed by atoms with Crippen LogP contribution in [0, 0.1) is 5.82 Å². The minimum absolute atomic E-state index is 0.0656. The van der Waals surface area contributed by atoms with E-state index in [0.717, 1.165) is 23.4 Å². The molecule has 1 N–H and O–H groups in total. The van der Waals surface area contributed by atoms with Gasteiger partial charge in [-0.15, -0.1) is 0 Å². The van der Waals surface area contributed by atoms with Crippen molar-refractivity contribution in [3.05, 3.63) is 59.9 Å². The molecule has 5 heteroatoms. The normalized spacial score (nSPS) is 11.7. The number of hydrogen-bond acceptors (Lipinski definition) is 3. The third kappa shape index (κ3) is 5.78. The van der Waals surface area contributed by atoms with E-state index in [2.05, 4.69) is 12.2 Å². The summed E-state index contributed by atoms with van der Waals surface area (Å²) < 4.78 is 18.9. The van der Waals surface area contributed by atoms with Crippen molar-refractivity contribution < 1.29 is 13.9 Å². The molecule has 0 saturated carbocycles. The Morgan fingerprint density at radius 1 is 1.24 bits per heavy atom. The van der Waals surface area contributed by atoms with E-state index >= 15 is 0 Å². The highest BCUT2D eigenvalue weighted by Gasteiger charge is 2.17. The molecular weight excluding hydrogens is 319 g/mol. The van der Waals surface area contributed by atoms with E-state index < -0.39 is 6.04 Å². The van der Waals surface area contributed by atoms with Gasteiger partial charge in [0.1, 0.15) is 17.6 Å². The van der Waals surface area contributed by atoms with Crippen LogP contribution in [-0.4, -0.2) is 30.5 Å². The summed E-state index contributed by atoms with van der Waals surface area (Å²) in [6, 6.07) is 13.4. The fourth-order valence-electron chi connectivity index (χ4n) is 2.52. The van der Waals surface area contributed by atoms with Crippen LogP contribution >= 0.6 is 0 Å². The van der Waals surface area contributed by atoms with Gasteiger partial charge in [0.15, 0.2) is 0 Å². The maximum Gasteiger partial charge on any atom is 0.244 e. The summed E-state index contributed by atoms with van der Waals surface area (Å²) in [6.07, 6.45) is 0.942. The highest BCUT2D eigenvalue weighted by atomic mass is 19.1. The Kier molecular flexibility index (Phi) is 6.81. The molecule has 0 bridgehead atoms. The van der Waals surface area contributed by atoms with Crippen LogP contribution < -0.4 is 10.1 Å². The Labute approximate surface area is 148 Å². The van der Waals surface area contributed by atoms with E-state index in [1.54, 1.807) is 24.1 Å². The molecule has 0 radical (unpaired) electrons. The average molecular weight is 344 g/mol. The molecule has 25 heavy (non-hydrogen) atoms. The van der Waals surface area contributed by atoms with Gasteiger partial charge in [0.25, 0.3) is 0 Å². The van der Waals surface area contributed by atoms with Gasteiger partial charge in [-0.05, 0) is 43.2 Å². The number of benzene rings is 2. The highest BCUT2D eigenvalue weighted by Crippen LogP contribution is 2.19. The lowest BCUT2D eigenvalue weighted by Crippen LogP contribution is -2.38. The fraction of sp³-hybridized carbons (Fsp3) is 0.350. The minimum atomic E-state index is -0.403. The van der Waals surface area contributed by atoms with E-state index in [1.165, 1.54) is 12.1 Å². The number of anilines is 1. The molecule has 0 aliphatic carbocycles. The number of ether oxygens (including phenoxy) is 1. The predicted molar refractivity (Wildman–Crippen MR) is 98.2 cm³/mol. The quantitative estimate of drug-likeness (QED) is 0.785. The second-order valence-corrected chi connectivity index (χ2v) is 6.07. The van der Waals surface area contributed by atoms with E-state index in [4.69, 9.17) is 4.74 Å². The van der Waals surface area contributed by atoms with E-state index in [0.29, 0.717) is 13.2 Å². The number of carbonyl (C=O) groups is 1. The van der Waals surface area contributed by atoms with Crippen molar-refractivity contribution in [2.45, 2.75) is 32.9 Å². The Morgan fingerprint density at radius 2 is 2.00 bits per heavy atom. The first-order valence-electron chi connectivity index (χ1n) is 8.48. The number of carbonyl (C=O) groups excluding carboxylic acids is 1. The van der Waals surface area contributed by atoms with E-state index in [-0.39, 0.29) is 11.7 Å². The summed E-state index contributed by atoms with van der Waals surface area (Å²) in [7, 11) is 1.71. The minimum Gasteiger partial charge on any atom is -0.494 e. The molecule has 0 aliphatic heterocycles. The van der Waals surface area contributed by atoms with Crippen LogP contribution in [0.3, 0.4) is 0 Å². The molecule has 2 aromatic carbocycles. The predicted octanol–water partition coefficient (Wildman–Crippen LogP) is 4.07. The van der Waals surface area contributed by atoms with Crippen LogP contribution in [0.15, 0.2) is 48.5 Å². The van der Waals surface area contributed by atoms with Crippen molar-refractivity contribution in [1.82, 2.24) is 4.90 Å². The number of halogens is 1. The molecule has 134 valence electrons. The Morgan fingerprint density at radius 3 is 2.72 bits per heavy atom. The van der Waals surface area contributed by atoms with Gasteiger partial charge in [0.2, 0.25) is 5.91 Å². The topological polar surface area (TPSA) is 41.6 Å². The molecule has 0 saturated heterocycles. The third-order valence-electron chi connectivity index (χ3n) is 3.75. The molecule has 0 spiro atoms. The smallest absolute Gasteiger partial charge is 0.244 e. The second-order valence-electron chi connectivity index (χ2n) is 6.07. The number of rotatable bonds is 8. The summed E-state index contributed by atoms with van der Waals surface area (Å²) in [4.78, 5) is 14.1. The van der Waals surface area contributed by atoms with Crippen LogP contribution in [-0.2, 0) is 11.3 Å². The zero-order chi connectivity index (χ0) is 18.2. The van der Waals surface area contributed by atoms with Crippen molar-refractivity contribution in [3.63, 3.8) is 0 Å².